The summed E-state index contributed by atoms with van der Waals surface area (Å²) < 4.78 is 12.8. The molecular formula is C17H17FN2OS. The Morgan fingerprint density at radius 2 is 2.05 bits per heavy atom. The van der Waals surface area contributed by atoms with E-state index >= 15 is 0 Å². The maximum Gasteiger partial charge on any atom is 0.230 e. The van der Waals surface area contributed by atoms with Crippen molar-refractivity contribution in [2.75, 3.05) is 5.75 Å². The number of amides is 1. The van der Waals surface area contributed by atoms with Crippen molar-refractivity contribution in [3.63, 3.8) is 0 Å². The van der Waals surface area contributed by atoms with Gasteiger partial charge < -0.3 is 5.32 Å². The van der Waals surface area contributed by atoms with Gasteiger partial charge in [-0.25, -0.2) is 4.39 Å². The molecule has 0 bridgehead atoms. The van der Waals surface area contributed by atoms with Gasteiger partial charge in [0, 0.05) is 23.8 Å². The van der Waals surface area contributed by atoms with Gasteiger partial charge in [-0.3, -0.25) is 9.78 Å². The summed E-state index contributed by atoms with van der Waals surface area (Å²) in [6.45, 7) is 0.496. The summed E-state index contributed by atoms with van der Waals surface area (Å²) in [4.78, 5) is 17.0. The molecule has 1 heterocycles. The van der Waals surface area contributed by atoms with Crippen LogP contribution in [0.25, 0.3) is 0 Å². The largest absolute Gasteiger partial charge is 0.351 e. The molecule has 1 aliphatic carbocycles. The van der Waals surface area contributed by atoms with Crippen LogP contribution in [0.2, 0.25) is 0 Å². The van der Waals surface area contributed by atoms with E-state index in [1.165, 1.54) is 42.3 Å². The van der Waals surface area contributed by atoms with Crippen molar-refractivity contribution in [2.24, 2.45) is 0 Å². The molecule has 1 N–H and O–H groups in total. The van der Waals surface area contributed by atoms with Crippen LogP contribution < -0.4 is 5.32 Å². The van der Waals surface area contributed by atoms with Gasteiger partial charge in [0.05, 0.1) is 5.75 Å². The van der Waals surface area contributed by atoms with Gasteiger partial charge in [0.25, 0.3) is 0 Å². The Hall–Kier alpha value is -1.88. The third-order valence-corrected chi connectivity index (χ3v) is 4.55. The van der Waals surface area contributed by atoms with Gasteiger partial charge in [-0.2, -0.15) is 0 Å². The van der Waals surface area contributed by atoms with Crippen LogP contribution in [0, 0.1) is 5.82 Å². The SMILES string of the molecule is O=C(CSc1ccc(F)cc1)NCc1cncc(C2CC2)c1. The summed E-state index contributed by atoms with van der Waals surface area (Å²) in [7, 11) is 0. The molecule has 0 unspecified atom stereocenters. The first kappa shape index (κ1) is 15.0. The van der Waals surface area contributed by atoms with Crippen molar-refractivity contribution in [1.82, 2.24) is 10.3 Å². The van der Waals surface area contributed by atoms with Gasteiger partial charge in [-0.1, -0.05) is 6.07 Å². The molecule has 0 saturated heterocycles. The first-order chi connectivity index (χ1) is 10.7. The van der Waals surface area contributed by atoms with Crippen LogP contribution in [0.5, 0.6) is 0 Å². The molecule has 1 fully saturated rings. The Morgan fingerprint density at radius 3 is 2.77 bits per heavy atom. The van der Waals surface area contributed by atoms with Crippen LogP contribution in [0.4, 0.5) is 4.39 Å². The van der Waals surface area contributed by atoms with Crippen LogP contribution in [0.1, 0.15) is 29.9 Å². The lowest BCUT2D eigenvalue weighted by atomic mass is 10.1. The number of pyridine rings is 1. The quantitative estimate of drug-likeness (QED) is 0.829. The second-order valence-corrected chi connectivity index (χ2v) is 6.47. The molecule has 2 aromatic rings. The number of carbonyl (C=O) groups is 1. The zero-order valence-corrected chi connectivity index (χ0v) is 12.9. The van der Waals surface area contributed by atoms with Crippen LogP contribution in [-0.2, 0) is 11.3 Å². The van der Waals surface area contributed by atoms with Gasteiger partial charge in [0.1, 0.15) is 5.82 Å². The topological polar surface area (TPSA) is 42.0 Å². The van der Waals surface area contributed by atoms with E-state index in [1.807, 2.05) is 6.20 Å². The van der Waals surface area contributed by atoms with Crippen molar-refractivity contribution in [3.8, 4) is 0 Å². The Balaban J connectivity index is 1.45. The Kier molecular flexibility index (Phi) is 4.73. The van der Waals surface area contributed by atoms with Crippen molar-refractivity contribution in [1.29, 1.82) is 0 Å². The molecule has 3 rings (SSSR count). The van der Waals surface area contributed by atoms with Crippen molar-refractivity contribution in [2.45, 2.75) is 30.2 Å². The number of thioether (sulfide) groups is 1. The minimum absolute atomic E-state index is 0.0360. The normalized spacial score (nSPS) is 13.9. The summed E-state index contributed by atoms with van der Waals surface area (Å²) in [5, 5.41) is 2.89. The first-order valence-corrected chi connectivity index (χ1v) is 8.28. The average Bonchev–Trinajstić information content (AvgIpc) is 3.37. The summed E-state index contributed by atoms with van der Waals surface area (Å²) >= 11 is 1.40. The number of aromatic nitrogens is 1. The third-order valence-electron chi connectivity index (χ3n) is 3.54. The summed E-state index contributed by atoms with van der Waals surface area (Å²) in [5.41, 5.74) is 2.30. The zero-order chi connectivity index (χ0) is 15.4. The summed E-state index contributed by atoms with van der Waals surface area (Å²) in [6.07, 6.45) is 6.18. The fourth-order valence-electron chi connectivity index (χ4n) is 2.18. The molecule has 0 aliphatic heterocycles. The van der Waals surface area contributed by atoms with E-state index in [1.54, 1.807) is 18.3 Å². The van der Waals surface area contributed by atoms with E-state index in [0.29, 0.717) is 18.2 Å². The fourth-order valence-corrected chi connectivity index (χ4v) is 2.90. The summed E-state index contributed by atoms with van der Waals surface area (Å²) in [5.74, 6) is 0.682. The van der Waals surface area contributed by atoms with Gasteiger partial charge in [0.15, 0.2) is 0 Å². The molecule has 1 saturated carbocycles. The number of rotatable bonds is 6. The van der Waals surface area contributed by atoms with Crippen LogP contribution in [0.3, 0.4) is 0 Å². The van der Waals surface area contributed by atoms with E-state index in [0.717, 1.165) is 10.5 Å². The predicted molar refractivity (Wildman–Crippen MR) is 85.2 cm³/mol. The van der Waals surface area contributed by atoms with E-state index in [-0.39, 0.29) is 11.7 Å². The molecule has 0 radical (unpaired) electrons. The molecule has 1 aliphatic rings. The second kappa shape index (κ2) is 6.92. The number of benzene rings is 1. The van der Waals surface area contributed by atoms with E-state index in [2.05, 4.69) is 16.4 Å². The Bertz CT molecular complexity index is 656. The number of nitrogens with zero attached hydrogens (tertiary/aromatic N) is 1. The fraction of sp³-hybridized carbons (Fsp3) is 0.294. The number of hydrogen-bond donors (Lipinski definition) is 1. The number of carbonyl (C=O) groups excluding carboxylic acids is 1. The lowest BCUT2D eigenvalue weighted by Gasteiger charge is -2.06. The predicted octanol–water partition coefficient (Wildman–Crippen LogP) is 3.51. The highest BCUT2D eigenvalue weighted by Gasteiger charge is 2.23. The Morgan fingerprint density at radius 1 is 1.27 bits per heavy atom. The second-order valence-electron chi connectivity index (χ2n) is 5.42. The van der Waals surface area contributed by atoms with Crippen LogP contribution in [0.15, 0.2) is 47.6 Å². The minimum Gasteiger partial charge on any atom is -0.351 e. The lowest BCUT2D eigenvalue weighted by molar-refractivity contribution is -0.118. The molecular weight excluding hydrogens is 299 g/mol. The van der Waals surface area contributed by atoms with Gasteiger partial charge in [-0.05, 0) is 54.2 Å². The number of nitrogens with one attached hydrogen (secondary N) is 1. The van der Waals surface area contributed by atoms with E-state index in [9.17, 15) is 9.18 Å². The molecule has 22 heavy (non-hydrogen) atoms. The third kappa shape index (κ3) is 4.31. The molecule has 3 nitrogen and oxygen atoms in total. The van der Waals surface area contributed by atoms with Crippen molar-refractivity contribution < 1.29 is 9.18 Å². The van der Waals surface area contributed by atoms with E-state index in [4.69, 9.17) is 0 Å². The molecule has 5 heteroatoms. The lowest BCUT2D eigenvalue weighted by Crippen LogP contribution is -2.24. The highest BCUT2D eigenvalue weighted by atomic mass is 32.2. The molecule has 1 aromatic heterocycles. The first-order valence-electron chi connectivity index (χ1n) is 7.29. The minimum atomic E-state index is -0.267. The van der Waals surface area contributed by atoms with Crippen molar-refractivity contribution >= 4 is 17.7 Å². The van der Waals surface area contributed by atoms with Gasteiger partial charge in [0.2, 0.25) is 5.91 Å². The number of halogens is 1. The number of hydrogen-bond acceptors (Lipinski definition) is 3. The maximum absolute atomic E-state index is 12.8. The monoisotopic (exact) mass is 316 g/mol. The average molecular weight is 316 g/mol. The molecule has 0 atom stereocenters. The Labute approximate surface area is 133 Å². The van der Waals surface area contributed by atoms with Crippen LogP contribution >= 0.6 is 11.8 Å². The van der Waals surface area contributed by atoms with Crippen LogP contribution in [-0.4, -0.2) is 16.6 Å². The summed E-state index contributed by atoms with van der Waals surface area (Å²) in [6, 6.07) is 8.27. The van der Waals surface area contributed by atoms with E-state index < -0.39 is 0 Å². The smallest absolute Gasteiger partial charge is 0.230 e. The molecule has 0 spiro atoms. The van der Waals surface area contributed by atoms with Crippen molar-refractivity contribution in [3.05, 3.63) is 59.7 Å². The zero-order valence-electron chi connectivity index (χ0n) is 12.1. The standard InChI is InChI=1S/C17H17FN2OS/c18-15-3-5-16(6-4-15)22-11-17(21)20-9-12-7-14(10-19-8-12)13-1-2-13/h3-8,10,13H,1-2,9,11H2,(H,20,21). The highest BCUT2D eigenvalue weighted by Crippen LogP contribution is 2.39. The van der Waals surface area contributed by atoms with Gasteiger partial charge in [-0.15, -0.1) is 11.8 Å². The molecule has 114 valence electrons. The highest BCUT2D eigenvalue weighted by molar-refractivity contribution is 8.00. The molecule has 1 amide bonds. The maximum atomic E-state index is 12.8. The molecule has 1 aromatic carbocycles. The van der Waals surface area contributed by atoms with Gasteiger partial charge >= 0.3 is 0 Å².